The molecule has 0 bridgehead atoms. The third-order valence-corrected chi connectivity index (χ3v) is 4.92. The highest BCUT2D eigenvalue weighted by atomic mass is 32.2. The number of thioether (sulfide) groups is 1. The number of nitrogens with zero attached hydrogens (tertiary/aromatic N) is 1. The van der Waals surface area contributed by atoms with Gasteiger partial charge in [-0.3, -0.25) is 5.32 Å². The smallest absolute Gasteiger partial charge is 0.341 e. The molecule has 3 N–H and O–H groups in total. The SMILES string of the molecule is CC(C)CNC(=O)Nc1snc(SCc2ccccc2)c1C(=O)O. The Hall–Kier alpha value is -2.06. The van der Waals surface area contributed by atoms with E-state index in [9.17, 15) is 14.7 Å². The van der Waals surface area contributed by atoms with Crippen molar-refractivity contribution in [3.63, 3.8) is 0 Å². The first-order valence-corrected chi connectivity index (χ1v) is 9.17. The molecule has 0 saturated carbocycles. The van der Waals surface area contributed by atoms with Crippen LogP contribution in [0.5, 0.6) is 0 Å². The Balaban J connectivity index is 2.06. The number of aromatic nitrogens is 1. The predicted molar refractivity (Wildman–Crippen MR) is 96.9 cm³/mol. The number of hydrogen-bond donors (Lipinski definition) is 3. The van der Waals surface area contributed by atoms with Gasteiger partial charge in [0.05, 0.1) is 0 Å². The summed E-state index contributed by atoms with van der Waals surface area (Å²) < 4.78 is 4.18. The van der Waals surface area contributed by atoms with Crippen molar-refractivity contribution < 1.29 is 14.7 Å². The molecule has 0 aliphatic carbocycles. The standard InChI is InChI=1S/C16H19N3O3S2/c1-10(2)8-17-16(22)18-13-12(15(20)21)14(19-24-13)23-9-11-6-4-3-5-7-11/h3-7,10H,8-9H2,1-2H3,(H,20,21)(H2,17,18,22). The first kappa shape index (κ1) is 18.3. The number of benzene rings is 1. The van der Waals surface area contributed by atoms with Gasteiger partial charge in [0.15, 0.2) is 0 Å². The van der Waals surface area contributed by atoms with Gasteiger partial charge in [-0.15, -0.1) is 0 Å². The van der Waals surface area contributed by atoms with Crippen molar-refractivity contribution in [2.45, 2.75) is 24.6 Å². The third kappa shape index (κ3) is 5.24. The van der Waals surface area contributed by atoms with Crippen LogP contribution >= 0.6 is 23.3 Å². The number of amides is 2. The minimum absolute atomic E-state index is 0.0422. The Kier molecular flexibility index (Phi) is 6.62. The molecule has 8 heteroatoms. The predicted octanol–water partition coefficient (Wildman–Crippen LogP) is 3.91. The minimum Gasteiger partial charge on any atom is -0.477 e. The summed E-state index contributed by atoms with van der Waals surface area (Å²) in [6.07, 6.45) is 0. The molecule has 24 heavy (non-hydrogen) atoms. The number of rotatable bonds is 7. The van der Waals surface area contributed by atoms with E-state index in [2.05, 4.69) is 15.0 Å². The van der Waals surface area contributed by atoms with Gasteiger partial charge in [-0.05, 0) is 23.0 Å². The Morgan fingerprint density at radius 1 is 1.29 bits per heavy atom. The Morgan fingerprint density at radius 3 is 2.62 bits per heavy atom. The summed E-state index contributed by atoms with van der Waals surface area (Å²) in [5, 5.41) is 15.4. The molecule has 0 aliphatic heterocycles. The van der Waals surface area contributed by atoms with Crippen molar-refractivity contribution in [2.75, 3.05) is 11.9 Å². The average molecular weight is 365 g/mol. The number of anilines is 1. The molecule has 0 spiro atoms. The third-order valence-electron chi connectivity index (χ3n) is 2.99. The van der Waals surface area contributed by atoms with E-state index in [-0.39, 0.29) is 10.6 Å². The van der Waals surface area contributed by atoms with E-state index in [1.165, 1.54) is 11.8 Å². The van der Waals surface area contributed by atoms with Crippen LogP contribution in [0.3, 0.4) is 0 Å². The maximum absolute atomic E-state index is 11.8. The highest BCUT2D eigenvalue weighted by molar-refractivity contribution is 7.98. The lowest BCUT2D eigenvalue weighted by Crippen LogP contribution is -2.31. The lowest BCUT2D eigenvalue weighted by Gasteiger charge is -2.08. The number of carbonyl (C=O) groups excluding carboxylic acids is 1. The molecule has 0 saturated heterocycles. The highest BCUT2D eigenvalue weighted by Crippen LogP contribution is 2.33. The van der Waals surface area contributed by atoms with Crippen LogP contribution in [-0.4, -0.2) is 28.0 Å². The molecule has 2 amide bonds. The number of nitrogens with one attached hydrogen (secondary N) is 2. The van der Waals surface area contributed by atoms with Gasteiger partial charge in [-0.1, -0.05) is 55.9 Å². The Labute approximate surface area is 148 Å². The number of hydrogen-bond acceptors (Lipinski definition) is 5. The van der Waals surface area contributed by atoms with Crippen molar-refractivity contribution in [1.82, 2.24) is 9.69 Å². The first-order chi connectivity index (χ1) is 11.5. The van der Waals surface area contributed by atoms with E-state index in [1.54, 1.807) is 0 Å². The van der Waals surface area contributed by atoms with Crippen LogP contribution in [0.15, 0.2) is 35.4 Å². The number of aromatic carboxylic acids is 1. The van der Waals surface area contributed by atoms with Crippen molar-refractivity contribution in [3.8, 4) is 0 Å². The molecule has 0 radical (unpaired) electrons. The fourth-order valence-electron chi connectivity index (χ4n) is 1.82. The summed E-state index contributed by atoms with van der Waals surface area (Å²) in [4.78, 5) is 23.4. The van der Waals surface area contributed by atoms with Gasteiger partial charge in [0.2, 0.25) is 0 Å². The molecule has 0 unspecified atom stereocenters. The van der Waals surface area contributed by atoms with E-state index in [4.69, 9.17) is 0 Å². The molecule has 0 fully saturated rings. The van der Waals surface area contributed by atoms with Crippen molar-refractivity contribution in [1.29, 1.82) is 0 Å². The van der Waals surface area contributed by atoms with Gasteiger partial charge in [-0.25, -0.2) is 9.59 Å². The maximum atomic E-state index is 11.8. The van der Waals surface area contributed by atoms with Crippen LogP contribution in [0.4, 0.5) is 9.80 Å². The molecule has 128 valence electrons. The van der Waals surface area contributed by atoms with Gasteiger partial charge < -0.3 is 10.4 Å². The van der Waals surface area contributed by atoms with Crippen LogP contribution < -0.4 is 10.6 Å². The zero-order valence-electron chi connectivity index (χ0n) is 13.4. The van der Waals surface area contributed by atoms with Crippen LogP contribution in [0, 0.1) is 5.92 Å². The molecule has 2 aromatic rings. The zero-order valence-corrected chi connectivity index (χ0v) is 15.0. The van der Waals surface area contributed by atoms with Gasteiger partial charge in [0.1, 0.15) is 15.6 Å². The molecular formula is C16H19N3O3S2. The van der Waals surface area contributed by atoms with E-state index < -0.39 is 12.0 Å². The number of carboxylic acids is 1. The maximum Gasteiger partial charge on any atom is 0.341 e. The molecule has 1 aromatic heterocycles. The van der Waals surface area contributed by atoms with Gasteiger partial charge in [0, 0.05) is 12.3 Å². The van der Waals surface area contributed by atoms with Gasteiger partial charge in [0.25, 0.3) is 0 Å². The number of carboxylic acid groups (broad SMARTS) is 1. The summed E-state index contributed by atoms with van der Waals surface area (Å²) in [6.45, 7) is 4.48. The van der Waals surface area contributed by atoms with Crippen molar-refractivity contribution in [3.05, 3.63) is 41.5 Å². The summed E-state index contributed by atoms with van der Waals surface area (Å²) in [5.41, 5.74) is 1.12. The Morgan fingerprint density at radius 2 is 2.00 bits per heavy atom. The topological polar surface area (TPSA) is 91.3 Å². The fraction of sp³-hybridized carbons (Fsp3) is 0.312. The number of urea groups is 1. The Bertz CT molecular complexity index is 702. The second kappa shape index (κ2) is 8.70. The van der Waals surface area contributed by atoms with E-state index >= 15 is 0 Å². The second-order valence-electron chi connectivity index (χ2n) is 5.50. The summed E-state index contributed by atoms with van der Waals surface area (Å²) in [6, 6.07) is 9.31. The average Bonchev–Trinajstić information content (AvgIpc) is 2.94. The quantitative estimate of drug-likeness (QED) is 0.647. The molecule has 1 aromatic carbocycles. The molecule has 0 aliphatic rings. The van der Waals surface area contributed by atoms with Crippen molar-refractivity contribution >= 4 is 40.3 Å². The van der Waals surface area contributed by atoms with E-state index in [0.29, 0.717) is 23.2 Å². The van der Waals surface area contributed by atoms with Crippen LogP contribution in [0.25, 0.3) is 0 Å². The normalized spacial score (nSPS) is 10.6. The molecule has 1 heterocycles. The summed E-state index contributed by atoms with van der Waals surface area (Å²) >= 11 is 2.32. The van der Waals surface area contributed by atoms with Gasteiger partial charge >= 0.3 is 12.0 Å². The monoisotopic (exact) mass is 365 g/mol. The zero-order chi connectivity index (χ0) is 17.5. The summed E-state index contributed by atoms with van der Waals surface area (Å²) in [7, 11) is 0. The largest absolute Gasteiger partial charge is 0.477 e. The highest BCUT2D eigenvalue weighted by Gasteiger charge is 2.22. The van der Waals surface area contributed by atoms with Crippen LogP contribution in [0.2, 0.25) is 0 Å². The molecule has 2 rings (SSSR count). The molecule has 6 nitrogen and oxygen atoms in total. The van der Waals surface area contributed by atoms with E-state index in [0.717, 1.165) is 17.1 Å². The fourth-order valence-corrected chi connectivity index (χ4v) is 3.71. The van der Waals surface area contributed by atoms with Gasteiger partial charge in [-0.2, -0.15) is 4.37 Å². The van der Waals surface area contributed by atoms with Crippen molar-refractivity contribution in [2.24, 2.45) is 5.92 Å². The lowest BCUT2D eigenvalue weighted by molar-refractivity contribution is 0.0694. The van der Waals surface area contributed by atoms with Crippen LogP contribution in [-0.2, 0) is 5.75 Å². The lowest BCUT2D eigenvalue weighted by atomic mass is 10.2. The minimum atomic E-state index is -1.10. The first-order valence-electron chi connectivity index (χ1n) is 7.42. The second-order valence-corrected chi connectivity index (χ2v) is 7.24. The number of carbonyl (C=O) groups is 2. The molecular weight excluding hydrogens is 346 g/mol. The summed E-state index contributed by atoms with van der Waals surface area (Å²) in [5.74, 6) is -0.171. The molecule has 0 atom stereocenters. The van der Waals surface area contributed by atoms with E-state index in [1.807, 2.05) is 44.2 Å². The van der Waals surface area contributed by atoms with Crippen LogP contribution in [0.1, 0.15) is 29.8 Å².